The molecule has 2 nitrogen and oxygen atoms in total. The summed E-state index contributed by atoms with van der Waals surface area (Å²) in [5.41, 5.74) is 7.44. The molecule has 0 saturated heterocycles. The second kappa shape index (κ2) is 5.16. The maximum atomic E-state index is 4.82. The van der Waals surface area contributed by atoms with Crippen LogP contribution in [0.5, 0.6) is 0 Å². The molecule has 4 aromatic rings. The summed E-state index contributed by atoms with van der Waals surface area (Å²) < 4.78 is 0. The monoisotopic (exact) mass is 352 g/mol. The van der Waals surface area contributed by atoms with E-state index in [-0.39, 0.29) is 10.8 Å². The van der Waals surface area contributed by atoms with Crippen LogP contribution in [0.15, 0.2) is 54.9 Å². The van der Waals surface area contributed by atoms with Gasteiger partial charge in [-0.2, -0.15) is 0 Å². The van der Waals surface area contributed by atoms with Crippen molar-refractivity contribution in [3.05, 3.63) is 71.5 Å². The Morgan fingerprint density at radius 3 is 2.41 bits per heavy atom. The lowest BCUT2D eigenvalue weighted by Gasteiger charge is -2.36. The smallest absolute Gasteiger partial charge is 0.0787 e. The van der Waals surface area contributed by atoms with Gasteiger partial charge in [0.1, 0.15) is 0 Å². The van der Waals surface area contributed by atoms with Gasteiger partial charge in [0, 0.05) is 34.1 Å². The van der Waals surface area contributed by atoms with E-state index in [4.69, 9.17) is 4.98 Å². The molecule has 0 aliphatic heterocycles. The van der Waals surface area contributed by atoms with E-state index in [1.54, 1.807) is 0 Å². The number of fused-ring (bicyclic) bond motifs is 3. The molecule has 0 bridgehead atoms. The van der Waals surface area contributed by atoms with Gasteiger partial charge >= 0.3 is 0 Å². The van der Waals surface area contributed by atoms with E-state index in [1.807, 2.05) is 18.5 Å². The van der Waals surface area contributed by atoms with Gasteiger partial charge in [0.25, 0.3) is 0 Å². The van der Waals surface area contributed by atoms with Crippen molar-refractivity contribution in [2.24, 2.45) is 0 Å². The van der Waals surface area contributed by atoms with E-state index >= 15 is 0 Å². The summed E-state index contributed by atoms with van der Waals surface area (Å²) >= 11 is 0. The summed E-state index contributed by atoms with van der Waals surface area (Å²) in [6.45, 7) is 11.5. The molecule has 0 amide bonds. The topological polar surface area (TPSA) is 25.8 Å². The molecule has 0 unspecified atom stereocenters. The van der Waals surface area contributed by atoms with Crippen molar-refractivity contribution in [2.45, 2.75) is 45.4 Å². The van der Waals surface area contributed by atoms with E-state index in [0.717, 1.165) is 11.2 Å². The van der Waals surface area contributed by atoms with Crippen LogP contribution < -0.4 is 0 Å². The lowest BCUT2D eigenvalue weighted by Crippen LogP contribution is -2.25. The van der Waals surface area contributed by atoms with Crippen LogP contribution in [0, 0.1) is 0 Å². The number of rotatable bonds is 0. The first kappa shape index (κ1) is 16.4. The lowest BCUT2D eigenvalue weighted by atomic mass is 9.68. The van der Waals surface area contributed by atoms with Gasteiger partial charge in [0.05, 0.1) is 11.2 Å². The van der Waals surface area contributed by atoms with Gasteiger partial charge in [-0.1, -0.05) is 52.8 Å². The van der Waals surface area contributed by atoms with Crippen molar-refractivity contribution in [2.75, 3.05) is 0 Å². The molecule has 2 heteroatoms. The molecule has 2 heterocycles. The third-order valence-corrected chi connectivity index (χ3v) is 6.07. The highest BCUT2D eigenvalue weighted by molar-refractivity contribution is 6.03. The highest BCUT2D eigenvalue weighted by Crippen LogP contribution is 2.49. The Bertz CT molecular complexity index is 1230. The predicted molar refractivity (Wildman–Crippen MR) is 113 cm³/mol. The number of hydrogen-bond acceptors (Lipinski definition) is 2. The zero-order valence-electron chi connectivity index (χ0n) is 16.6. The van der Waals surface area contributed by atoms with Crippen molar-refractivity contribution in [1.29, 1.82) is 0 Å². The van der Waals surface area contributed by atoms with Gasteiger partial charge in [-0.05, 0) is 51.8 Å². The summed E-state index contributed by atoms with van der Waals surface area (Å²) in [5.74, 6) is 0. The Hall–Kier alpha value is -2.74. The first-order valence-corrected chi connectivity index (χ1v) is 9.60. The number of hydrogen-bond donors (Lipinski definition) is 0. The van der Waals surface area contributed by atoms with Gasteiger partial charge in [0.15, 0.2) is 0 Å². The minimum absolute atomic E-state index is 0.0884. The molecule has 0 fully saturated rings. The zero-order chi connectivity index (χ0) is 19.0. The fraction of sp³-hybridized carbons (Fsp3) is 0.280. The Morgan fingerprint density at radius 2 is 1.63 bits per heavy atom. The maximum Gasteiger partial charge on any atom is 0.0787 e. The quantitative estimate of drug-likeness (QED) is 0.366. The molecular formula is C25H24N2. The molecule has 2 aromatic heterocycles. The van der Waals surface area contributed by atoms with E-state index in [1.165, 1.54) is 38.4 Å². The molecule has 0 N–H and O–H groups in total. The molecule has 0 radical (unpaired) electrons. The van der Waals surface area contributed by atoms with Gasteiger partial charge in [0.2, 0.25) is 0 Å². The summed E-state index contributed by atoms with van der Waals surface area (Å²) in [4.78, 5) is 9.39. The van der Waals surface area contributed by atoms with Crippen LogP contribution >= 0.6 is 0 Å². The summed E-state index contributed by atoms with van der Waals surface area (Å²) in [5, 5.41) is 3.76. The fourth-order valence-electron chi connectivity index (χ4n) is 4.43. The Labute approximate surface area is 160 Å². The molecular weight excluding hydrogens is 328 g/mol. The molecule has 2 aromatic carbocycles. The lowest BCUT2D eigenvalue weighted by molar-refractivity contribution is 0.584. The van der Waals surface area contributed by atoms with Crippen molar-refractivity contribution in [3.8, 4) is 11.3 Å². The SMILES string of the molecule is CC(C)(C)c1cc2c3c(nccc3c1)-c1cc3ncccc3cc1C2(C)C. The van der Waals surface area contributed by atoms with Gasteiger partial charge in [-0.3, -0.25) is 9.97 Å². The van der Waals surface area contributed by atoms with Crippen LogP contribution in [0.1, 0.15) is 51.3 Å². The Morgan fingerprint density at radius 1 is 0.815 bits per heavy atom. The van der Waals surface area contributed by atoms with Crippen molar-refractivity contribution < 1.29 is 0 Å². The Kier molecular flexibility index (Phi) is 3.14. The molecule has 0 spiro atoms. The average molecular weight is 352 g/mol. The minimum atomic E-state index is -0.0884. The predicted octanol–water partition coefficient (Wildman–Crippen LogP) is 6.39. The van der Waals surface area contributed by atoms with Gasteiger partial charge < -0.3 is 0 Å². The molecule has 0 atom stereocenters. The first-order valence-electron chi connectivity index (χ1n) is 9.60. The second-order valence-electron chi connectivity index (χ2n) is 9.25. The van der Waals surface area contributed by atoms with Crippen LogP contribution in [-0.2, 0) is 10.8 Å². The molecule has 5 rings (SSSR count). The molecule has 27 heavy (non-hydrogen) atoms. The third kappa shape index (κ3) is 2.26. The zero-order valence-corrected chi connectivity index (χ0v) is 16.6. The van der Waals surface area contributed by atoms with E-state index < -0.39 is 0 Å². The van der Waals surface area contributed by atoms with Gasteiger partial charge in [-0.15, -0.1) is 0 Å². The van der Waals surface area contributed by atoms with Crippen LogP contribution in [0.4, 0.5) is 0 Å². The summed E-state index contributed by atoms with van der Waals surface area (Å²) in [6.07, 6.45) is 3.80. The fourth-order valence-corrected chi connectivity index (χ4v) is 4.43. The highest BCUT2D eigenvalue weighted by atomic mass is 14.7. The summed E-state index contributed by atoms with van der Waals surface area (Å²) in [7, 11) is 0. The number of nitrogens with zero attached hydrogens (tertiary/aromatic N) is 2. The molecule has 134 valence electrons. The van der Waals surface area contributed by atoms with Crippen LogP contribution in [0.2, 0.25) is 0 Å². The first-order chi connectivity index (χ1) is 12.8. The van der Waals surface area contributed by atoms with Crippen LogP contribution in [-0.4, -0.2) is 9.97 Å². The standard InChI is InChI=1S/C25H24N2/c1-24(2,3)17-11-16-8-10-27-23-18-14-21-15(7-6-9-26-21)12-19(18)25(4,5)20(13-17)22(16)23/h6-14H,1-5H3. The van der Waals surface area contributed by atoms with E-state index in [2.05, 4.69) is 76.0 Å². The van der Waals surface area contributed by atoms with Crippen LogP contribution in [0.3, 0.4) is 0 Å². The normalized spacial score (nSPS) is 15.1. The number of aromatic nitrogens is 2. The maximum absolute atomic E-state index is 4.82. The average Bonchev–Trinajstić information content (AvgIpc) is 2.64. The third-order valence-electron chi connectivity index (χ3n) is 6.07. The molecule has 0 saturated carbocycles. The second-order valence-corrected chi connectivity index (χ2v) is 9.25. The van der Waals surface area contributed by atoms with E-state index in [9.17, 15) is 0 Å². The summed E-state index contributed by atoms with van der Waals surface area (Å²) in [6, 6.07) is 15.6. The molecule has 1 aliphatic rings. The Balaban J connectivity index is 1.96. The van der Waals surface area contributed by atoms with Crippen molar-refractivity contribution in [1.82, 2.24) is 9.97 Å². The van der Waals surface area contributed by atoms with Gasteiger partial charge in [-0.25, -0.2) is 0 Å². The van der Waals surface area contributed by atoms with Crippen molar-refractivity contribution >= 4 is 21.7 Å². The number of pyridine rings is 2. The minimum Gasteiger partial charge on any atom is -0.256 e. The van der Waals surface area contributed by atoms with E-state index in [0.29, 0.717) is 0 Å². The number of benzene rings is 2. The highest BCUT2D eigenvalue weighted by Gasteiger charge is 2.35. The van der Waals surface area contributed by atoms with Crippen LogP contribution in [0.25, 0.3) is 32.9 Å². The largest absolute Gasteiger partial charge is 0.256 e. The van der Waals surface area contributed by atoms with Crippen molar-refractivity contribution in [3.63, 3.8) is 0 Å². The molecule has 1 aliphatic carbocycles.